The Morgan fingerprint density at radius 3 is 2.69 bits per heavy atom. The average Bonchev–Trinajstić information content (AvgIpc) is 2.52. The lowest BCUT2D eigenvalue weighted by Gasteiger charge is -1.99. The first-order valence-electron chi connectivity index (χ1n) is 3.98. The molecular weight excluding hydrogens is 208 g/mol. The SMILES string of the molecule is O=S(=O)(CCO)CCc1cccs1. The molecule has 0 fully saturated rings. The Kier molecular flexibility index (Phi) is 3.90. The molecule has 74 valence electrons. The predicted octanol–water partition coefficient (Wildman–Crippen LogP) is 0.698. The molecule has 0 spiro atoms. The lowest BCUT2D eigenvalue weighted by Crippen LogP contribution is -2.15. The second kappa shape index (κ2) is 4.74. The number of hydrogen-bond donors (Lipinski definition) is 1. The molecule has 0 saturated heterocycles. The molecule has 0 radical (unpaired) electrons. The number of aryl methyl sites for hydroxylation is 1. The van der Waals surface area contributed by atoms with Crippen LogP contribution in [0.15, 0.2) is 17.5 Å². The molecule has 0 unspecified atom stereocenters. The fourth-order valence-corrected chi connectivity index (χ4v) is 2.80. The third-order valence-corrected chi connectivity index (χ3v) is 4.21. The number of aliphatic hydroxyl groups excluding tert-OH is 1. The van der Waals surface area contributed by atoms with E-state index in [0.717, 1.165) is 4.88 Å². The molecule has 1 heterocycles. The molecule has 0 aliphatic rings. The lowest BCUT2D eigenvalue weighted by molar-refractivity contribution is 0.319. The Morgan fingerprint density at radius 2 is 2.15 bits per heavy atom. The van der Waals surface area contributed by atoms with Gasteiger partial charge in [-0.05, 0) is 17.9 Å². The zero-order chi connectivity index (χ0) is 9.73. The van der Waals surface area contributed by atoms with Gasteiger partial charge in [0.15, 0.2) is 9.84 Å². The highest BCUT2D eigenvalue weighted by atomic mass is 32.2. The Labute approximate surface area is 82.0 Å². The van der Waals surface area contributed by atoms with Crippen molar-refractivity contribution in [3.05, 3.63) is 22.4 Å². The Hall–Kier alpha value is -0.390. The van der Waals surface area contributed by atoms with Gasteiger partial charge in [-0.3, -0.25) is 0 Å². The molecule has 0 atom stereocenters. The minimum atomic E-state index is -3.05. The molecule has 1 aromatic heterocycles. The molecule has 0 saturated carbocycles. The van der Waals surface area contributed by atoms with E-state index in [9.17, 15) is 8.42 Å². The maximum absolute atomic E-state index is 11.2. The van der Waals surface area contributed by atoms with Crippen LogP contribution in [0.1, 0.15) is 4.88 Å². The molecule has 1 N–H and O–H groups in total. The van der Waals surface area contributed by atoms with Gasteiger partial charge in [0, 0.05) is 4.88 Å². The van der Waals surface area contributed by atoms with Crippen molar-refractivity contribution < 1.29 is 13.5 Å². The van der Waals surface area contributed by atoms with E-state index in [1.54, 1.807) is 11.3 Å². The standard InChI is InChI=1S/C8H12O3S2/c9-4-7-13(10,11)6-3-8-2-1-5-12-8/h1-2,5,9H,3-4,6-7H2. The molecule has 0 bridgehead atoms. The van der Waals surface area contributed by atoms with Gasteiger partial charge in [-0.15, -0.1) is 11.3 Å². The minimum absolute atomic E-state index is 0.127. The summed E-state index contributed by atoms with van der Waals surface area (Å²) in [6.45, 7) is -0.285. The van der Waals surface area contributed by atoms with Crippen molar-refractivity contribution in [3.63, 3.8) is 0 Å². The summed E-state index contributed by atoms with van der Waals surface area (Å²) in [6.07, 6.45) is 0.556. The lowest BCUT2D eigenvalue weighted by atomic mass is 10.4. The first-order chi connectivity index (χ1) is 6.14. The second-order valence-corrected chi connectivity index (χ2v) is 6.04. The Bertz CT molecular complexity index is 326. The van der Waals surface area contributed by atoms with Crippen molar-refractivity contribution in [3.8, 4) is 0 Å². The van der Waals surface area contributed by atoms with Gasteiger partial charge in [-0.25, -0.2) is 8.42 Å². The topological polar surface area (TPSA) is 54.4 Å². The van der Waals surface area contributed by atoms with Crippen molar-refractivity contribution >= 4 is 21.2 Å². The van der Waals surface area contributed by atoms with E-state index in [2.05, 4.69) is 0 Å². The van der Waals surface area contributed by atoms with Crippen LogP contribution in [0.4, 0.5) is 0 Å². The quantitative estimate of drug-likeness (QED) is 0.794. The summed E-state index contributed by atoms with van der Waals surface area (Å²) in [4.78, 5) is 1.07. The van der Waals surface area contributed by atoms with Gasteiger partial charge in [0.05, 0.1) is 18.1 Å². The molecule has 5 heteroatoms. The van der Waals surface area contributed by atoms with E-state index in [1.165, 1.54) is 0 Å². The van der Waals surface area contributed by atoms with Gasteiger partial charge in [0.25, 0.3) is 0 Å². The second-order valence-electron chi connectivity index (χ2n) is 2.70. The van der Waals surface area contributed by atoms with Gasteiger partial charge in [0.1, 0.15) is 0 Å². The maximum atomic E-state index is 11.2. The van der Waals surface area contributed by atoms with Gasteiger partial charge in [-0.1, -0.05) is 6.07 Å². The number of aliphatic hydroxyl groups is 1. The Balaban J connectivity index is 2.43. The van der Waals surface area contributed by atoms with Crippen LogP contribution in [0.25, 0.3) is 0 Å². The van der Waals surface area contributed by atoms with Crippen LogP contribution in [0.3, 0.4) is 0 Å². The van der Waals surface area contributed by atoms with Gasteiger partial charge in [-0.2, -0.15) is 0 Å². The fraction of sp³-hybridized carbons (Fsp3) is 0.500. The highest BCUT2D eigenvalue weighted by Gasteiger charge is 2.09. The summed E-state index contributed by atoms with van der Waals surface area (Å²) in [7, 11) is -3.05. The monoisotopic (exact) mass is 220 g/mol. The van der Waals surface area contributed by atoms with Crippen LogP contribution in [-0.2, 0) is 16.3 Å². The van der Waals surface area contributed by atoms with Crippen LogP contribution in [0.5, 0.6) is 0 Å². The number of thiophene rings is 1. The molecule has 0 amide bonds. The summed E-state index contributed by atoms with van der Waals surface area (Å²) in [6, 6.07) is 3.82. The molecule has 3 nitrogen and oxygen atoms in total. The summed E-state index contributed by atoms with van der Waals surface area (Å²) >= 11 is 1.55. The van der Waals surface area contributed by atoms with Crippen molar-refractivity contribution in [1.29, 1.82) is 0 Å². The zero-order valence-corrected chi connectivity index (χ0v) is 8.77. The summed E-state index contributed by atoms with van der Waals surface area (Å²) in [5.74, 6) is 0.00640. The fourth-order valence-electron chi connectivity index (χ4n) is 0.952. The summed E-state index contributed by atoms with van der Waals surface area (Å²) in [5, 5.41) is 10.4. The van der Waals surface area contributed by atoms with Crippen molar-refractivity contribution in [2.24, 2.45) is 0 Å². The molecule has 1 aromatic rings. The molecule has 1 rings (SSSR count). The number of rotatable bonds is 5. The third kappa shape index (κ3) is 3.89. The molecule has 0 aromatic carbocycles. The van der Waals surface area contributed by atoms with Crippen molar-refractivity contribution in [2.75, 3.05) is 18.1 Å². The van der Waals surface area contributed by atoms with E-state index in [4.69, 9.17) is 5.11 Å². The highest BCUT2D eigenvalue weighted by Crippen LogP contribution is 2.10. The largest absolute Gasteiger partial charge is 0.395 e. The van der Waals surface area contributed by atoms with E-state index in [-0.39, 0.29) is 18.1 Å². The van der Waals surface area contributed by atoms with Crippen LogP contribution in [-0.4, -0.2) is 31.6 Å². The van der Waals surface area contributed by atoms with Crippen LogP contribution < -0.4 is 0 Å². The Morgan fingerprint density at radius 1 is 1.38 bits per heavy atom. The smallest absolute Gasteiger partial charge is 0.152 e. The molecule has 13 heavy (non-hydrogen) atoms. The van der Waals surface area contributed by atoms with Crippen LogP contribution in [0, 0.1) is 0 Å². The number of hydrogen-bond acceptors (Lipinski definition) is 4. The first-order valence-corrected chi connectivity index (χ1v) is 6.68. The predicted molar refractivity (Wildman–Crippen MR) is 53.8 cm³/mol. The number of sulfone groups is 1. The molecular formula is C8H12O3S2. The van der Waals surface area contributed by atoms with Crippen molar-refractivity contribution in [2.45, 2.75) is 6.42 Å². The van der Waals surface area contributed by atoms with E-state index < -0.39 is 9.84 Å². The van der Waals surface area contributed by atoms with Crippen LogP contribution in [0.2, 0.25) is 0 Å². The highest BCUT2D eigenvalue weighted by molar-refractivity contribution is 7.91. The van der Waals surface area contributed by atoms with Gasteiger partial charge in [0.2, 0.25) is 0 Å². The van der Waals surface area contributed by atoms with E-state index in [0.29, 0.717) is 6.42 Å². The van der Waals surface area contributed by atoms with E-state index >= 15 is 0 Å². The normalized spacial score (nSPS) is 11.8. The van der Waals surface area contributed by atoms with Crippen LogP contribution >= 0.6 is 11.3 Å². The summed E-state index contributed by atoms with van der Waals surface area (Å²) in [5.41, 5.74) is 0. The van der Waals surface area contributed by atoms with E-state index in [1.807, 2.05) is 17.5 Å². The van der Waals surface area contributed by atoms with Crippen molar-refractivity contribution in [1.82, 2.24) is 0 Å². The van der Waals surface area contributed by atoms with Gasteiger partial charge < -0.3 is 5.11 Å². The maximum Gasteiger partial charge on any atom is 0.152 e. The zero-order valence-electron chi connectivity index (χ0n) is 7.14. The van der Waals surface area contributed by atoms with Gasteiger partial charge >= 0.3 is 0 Å². The molecule has 0 aliphatic heterocycles. The molecule has 0 aliphatic carbocycles. The first kappa shape index (κ1) is 10.7. The third-order valence-electron chi connectivity index (χ3n) is 1.64. The average molecular weight is 220 g/mol. The minimum Gasteiger partial charge on any atom is -0.395 e. The summed E-state index contributed by atoms with van der Waals surface area (Å²) < 4.78 is 22.3.